The Bertz CT molecular complexity index is 1210. The van der Waals surface area contributed by atoms with Crippen LogP contribution < -0.4 is 5.32 Å². The van der Waals surface area contributed by atoms with Crippen LogP contribution in [-0.4, -0.2) is 43.7 Å². The molecule has 34 heavy (non-hydrogen) atoms. The lowest BCUT2D eigenvalue weighted by atomic mass is 10.2. The first-order valence-corrected chi connectivity index (χ1v) is 13.5. The number of carbonyl (C=O) groups excluding carboxylic acids is 1. The Kier molecular flexibility index (Phi) is 6.77. The lowest BCUT2D eigenvalue weighted by Gasteiger charge is -2.17. The van der Waals surface area contributed by atoms with Crippen molar-refractivity contribution in [3.8, 4) is 6.07 Å². The first-order valence-electron chi connectivity index (χ1n) is 11.6. The minimum absolute atomic E-state index is 0.112. The summed E-state index contributed by atoms with van der Waals surface area (Å²) in [7, 11) is 0. The number of hydrogen-bond donors (Lipinski definition) is 1. The third-order valence-electron chi connectivity index (χ3n) is 6.50. The average Bonchev–Trinajstić information content (AvgIpc) is 3.18. The first kappa shape index (κ1) is 23.1. The van der Waals surface area contributed by atoms with Gasteiger partial charge in [-0.25, -0.2) is 0 Å². The van der Waals surface area contributed by atoms with Crippen molar-refractivity contribution >= 4 is 34.8 Å². The van der Waals surface area contributed by atoms with E-state index in [-0.39, 0.29) is 17.8 Å². The van der Waals surface area contributed by atoms with Crippen LogP contribution in [0.25, 0.3) is 0 Å². The predicted molar refractivity (Wildman–Crippen MR) is 132 cm³/mol. The van der Waals surface area contributed by atoms with Gasteiger partial charge in [0, 0.05) is 29.6 Å². The number of thiophene rings is 1. The summed E-state index contributed by atoms with van der Waals surface area (Å²) in [6.07, 6.45) is 5.15. The number of rotatable bonds is 9. The van der Waals surface area contributed by atoms with Gasteiger partial charge >= 0.3 is 0 Å². The molecule has 1 unspecified atom stereocenters. The van der Waals surface area contributed by atoms with Gasteiger partial charge in [0.1, 0.15) is 17.7 Å². The topological polar surface area (TPSA) is 97.8 Å². The highest BCUT2D eigenvalue weighted by molar-refractivity contribution is 7.99. The number of aromatic nitrogens is 4. The minimum atomic E-state index is -0.155. The molecule has 5 rings (SSSR count). The summed E-state index contributed by atoms with van der Waals surface area (Å²) >= 11 is 3.12. The van der Waals surface area contributed by atoms with E-state index in [1.54, 1.807) is 11.3 Å². The molecule has 1 N–H and O–H groups in total. The van der Waals surface area contributed by atoms with Gasteiger partial charge in [0.2, 0.25) is 5.91 Å². The number of hydrogen-bond acceptors (Lipinski definition) is 7. The highest BCUT2D eigenvalue weighted by Crippen LogP contribution is 2.39. The van der Waals surface area contributed by atoms with Gasteiger partial charge in [-0.05, 0) is 56.5 Å². The van der Waals surface area contributed by atoms with E-state index < -0.39 is 0 Å². The van der Waals surface area contributed by atoms with Crippen molar-refractivity contribution in [3.05, 3.63) is 45.0 Å². The number of carbonyl (C=O) groups is 1. The second kappa shape index (κ2) is 9.94. The van der Waals surface area contributed by atoms with Gasteiger partial charge in [0.15, 0.2) is 5.16 Å². The Morgan fingerprint density at radius 1 is 1.35 bits per heavy atom. The molecule has 8 nitrogen and oxygen atoms in total. The van der Waals surface area contributed by atoms with Crippen molar-refractivity contribution in [1.82, 2.24) is 19.3 Å². The summed E-state index contributed by atoms with van der Waals surface area (Å²) in [4.78, 5) is 14.2. The van der Waals surface area contributed by atoms with Gasteiger partial charge in [-0.3, -0.25) is 4.79 Å². The summed E-state index contributed by atoms with van der Waals surface area (Å²) in [6, 6.07) is 6.86. The highest BCUT2D eigenvalue weighted by atomic mass is 32.2. The zero-order valence-corrected chi connectivity index (χ0v) is 21.0. The first-order chi connectivity index (χ1) is 16.5. The van der Waals surface area contributed by atoms with E-state index in [1.165, 1.54) is 16.6 Å². The molecule has 2 fully saturated rings. The normalized spacial score (nSPS) is 17.7. The van der Waals surface area contributed by atoms with E-state index >= 15 is 0 Å². The molecule has 0 bridgehead atoms. The molecular formula is C24H28N6O2S2. The Morgan fingerprint density at radius 3 is 2.88 bits per heavy atom. The maximum absolute atomic E-state index is 13.0. The summed E-state index contributed by atoms with van der Waals surface area (Å²) in [5.41, 5.74) is 2.41. The fourth-order valence-corrected chi connectivity index (χ4v) is 5.97. The van der Waals surface area contributed by atoms with E-state index in [0.29, 0.717) is 24.0 Å². The molecule has 178 valence electrons. The number of nitrogens with one attached hydrogen (secondary N) is 1. The van der Waals surface area contributed by atoms with Crippen LogP contribution in [0.3, 0.4) is 0 Å². The maximum atomic E-state index is 13.0. The molecule has 3 aromatic rings. The molecule has 0 radical (unpaired) electrons. The molecule has 4 heterocycles. The van der Waals surface area contributed by atoms with Crippen LogP contribution in [0.5, 0.6) is 0 Å². The van der Waals surface area contributed by atoms with Crippen LogP contribution >= 0.6 is 23.1 Å². The molecule has 1 atom stereocenters. The van der Waals surface area contributed by atoms with E-state index in [1.807, 2.05) is 24.5 Å². The van der Waals surface area contributed by atoms with Gasteiger partial charge in [0.25, 0.3) is 0 Å². The lowest BCUT2D eigenvalue weighted by molar-refractivity contribution is -0.113. The molecule has 0 aromatic carbocycles. The second-order valence-electron chi connectivity index (χ2n) is 8.88. The van der Waals surface area contributed by atoms with Gasteiger partial charge in [-0.1, -0.05) is 17.8 Å². The van der Waals surface area contributed by atoms with Crippen molar-refractivity contribution in [2.45, 2.75) is 69.8 Å². The van der Waals surface area contributed by atoms with Gasteiger partial charge < -0.3 is 19.2 Å². The van der Waals surface area contributed by atoms with Crippen LogP contribution in [0.15, 0.2) is 22.7 Å². The summed E-state index contributed by atoms with van der Waals surface area (Å²) < 4.78 is 10.0. The number of thioether (sulfide) groups is 1. The quantitative estimate of drug-likeness (QED) is 0.439. The van der Waals surface area contributed by atoms with Crippen molar-refractivity contribution in [3.63, 3.8) is 0 Å². The van der Waals surface area contributed by atoms with Crippen LogP contribution in [0.2, 0.25) is 0 Å². The largest absolute Gasteiger partial charge is 0.376 e. The molecule has 3 aromatic heterocycles. The average molecular weight is 497 g/mol. The molecular weight excluding hydrogens is 468 g/mol. The van der Waals surface area contributed by atoms with Crippen molar-refractivity contribution in [1.29, 1.82) is 5.26 Å². The maximum Gasteiger partial charge on any atom is 0.235 e. The van der Waals surface area contributed by atoms with E-state index in [9.17, 15) is 10.1 Å². The molecule has 1 aliphatic carbocycles. The zero-order chi connectivity index (χ0) is 23.7. The lowest BCUT2D eigenvalue weighted by Crippen LogP contribution is -2.22. The Labute approximate surface area is 207 Å². The smallest absolute Gasteiger partial charge is 0.235 e. The molecule has 2 aliphatic rings. The number of nitrogens with zero attached hydrogens (tertiary/aromatic N) is 5. The summed E-state index contributed by atoms with van der Waals surface area (Å²) in [6.45, 7) is 5.32. The van der Waals surface area contributed by atoms with Crippen molar-refractivity contribution in [2.75, 3.05) is 17.7 Å². The van der Waals surface area contributed by atoms with E-state index in [2.05, 4.69) is 37.6 Å². The Hall–Kier alpha value is -2.61. The van der Waals surface area contributed by atoms with Gasteiger partial charge in [-0.15, -0.1) is 21.5 Å². The Morgan fingerprint density at radius 2 is 2.21 bits per heavy atom. The zero-order valence-electron chi connectivity index (χ0n) is 19.4. The van der Waals surface area contributed by atoms with Crippen molar-refractivity contribution < 1.29 is 9.53 Å². The molecule has 0 spiro atoms. The number of amides is 1. The van der Waals surface area contributed by atoms with Crippen LogP contribution in [0.4, 0.5) is 5.82 Å². The molecule has 1 saturated heterocycles. The number of anilines is 1. The summed E-state index contributed by atoms with van der Waals surface area (Å²) in [5, 5.41) is 24.5. The Balaban J connectivity index is 1.29. The summed E-state index contributed by atoms with van der Waals surface area (Å²) in [5.74, 6) is 1.58. The third-order valence-corrected chi connectivity index (χ3v) is 8.32. The predicted octanol–water partition coefficient (Wildman–Crippen LogP) is 4.47. The molecule has 10 heteroatoms. The van der Waals surface area contributed by atoms with Crippen molar-refractivity contribution in [2.24, 2.45) is 0 Å². The number of nitriles is 1. The van der Waals surface area contributed by atoms with Crippen LogP contribution in [-0.2, 0) is 22.5 Å². The minimum Gasteiger partial charge on any atom is -0.376 e. The fourth-order valence-electron chi connectivity index (χ4n) is 4.44. The molecule has 1 aliphatic heterocycles. The third kappa shape index (κ3) is 4.78. The van der Waals surface area contributed by atoms with Gasteiger partial charge in [0.05, 0.1) is 24.0 Å². The SMILES string of the molecule is Cc1c(C#N)c(NC(=O)CSc2nnc(Cc3cccs3)n2C2CC2)n(CC2CCCO2)c1C. The standard InChI is InChI=1S/C24H28N6O2S2/c1-15-16(2)29(13-18-5-3-9-32-18)23(20(15)12-25)26-22(31)14-34-24-28-27-21(30(24)17-7-8-17)11-19-6-4-10-33-19/h4,6,10,17-18H,3,5,7-9,11,13-14H2,1-2H3,(H,26,31). The molecule has 1 amide bonds. The van der Waals surface area contributed by atoms with Gasteiger partial charge in [-0.2, -0.15) is 5.26 Å². The number of ether oxygens (including phenoxy) is 1. The fraction of sp³-hybridized carbons (Fsp3) is 0.500. The van der Waals surface area contributed by atoms with Crippen LogP contribution in [0.1, 0.15) is 59.2 Å². The van der Waals surface area contributed by atoms with Crippen LogP contribution in [0, 0.1) is 25.2 Å². The highest BCUT2D eigenvalue weighted by Gasteiger charge is 2.30. The molecule has 1 saturated carbocycles. The van der Waals surface area contributed by atoms with E-state index in [4.69, 9.17) is 4.74 Å². The van der Waals surface area contributed by atoms with E-state index in [0.717, 1.165) is 60.9 Å². The second-order valence-corrected chi connectivity index (χ2v) is 10.9. The monoisotopic (exact) mass is 496 g/mol.